The molecule has 1 atom stereocenters. The van der Waals surface area contributed by atoms with Gasteiger partial charge in [-0.2, -0.15) is 0 Å². The lowest BCUT2D eigenvalue weighted by atomic mass is 10.0. The van der Waals surface area contributed by atoms with E-state index in [1.807, 2.05) is 42.1 Å². The van der Waals surface area contributed by atoms with Gasteiger partial charge in [0.15, 0.2) is 0 Å². The second kappa shape index (κ2) is 4.22. The fourth-order valence-electron chi connectivity index (χ4n) is 1.95. The third-order valence-electron chi connectivity index (χ3n) is 2.76. The van der Waals surface area contributed by atoms with E-state index in [0.29, 0.717) is 0 Å². The molecule has 1 heterocycles. The number of alkyl halides is 2. The lowest BCUT2D eigenvalue weighted by Gasteiger charge is -2.12. The fraction of sp³-hybridized carbons (Fsp3) is 0.333. The summed E-state index contributed by atoms with van der Waals surface area (Å²) in [7, 11) is 1.90. The highest BCUT2D eigenvalue weighted by molar-refractivity contribution is 5.83. The molecular weight excluding hydrogens is 210 g/mol. The van der Waals surface area contributed by atoms with Gasteiger partial charge in [-0.15, -0.1) is 0 Å². The lowest BCUT2D eigenvalue weighted by Crippen LogP contribution is -2.31. The van der Waals surface area contributed by atoms with E-state index in [1.165, 1.54) is 0 Å². The first-order valence-corrected chi connectivity index (χ1v) is 5.16. The van der Waals surface area contributed by atoms with E-state index in [4.69, 9.17) is 5.73 Å². The van der Waals surface area contributed by atoms with Gasteiger partial charge in [-0.05, 0) is 23.4 Å². The molecule has 0 spiro atoms. The maximum Gasteiger partial charge on any atom is 0.253 e. The molecule has 16 heavy (non-hydrogen) atoms. The van der Waals surface area contributed by atoms with E-state index in [2.05, 4.69) is 0 Å². The van der Waals surface area contributed by atoms with E-state index in [0.717, 1.165) is 16.5 Å². The van der Waals surface area contributed by atoms with Crippen LogP contribution in [0.4, 0.5) is 8.78 Å². The molecule has 0 fully saturated rings. The van der Waals surface area contributed by atoms with Crippen LogP contribution in [0.25, 0.3) is 10.9 Å². The van der Waals surface area contributed by atoms with Crippen LogP contribution in [0, 0.1) is 0 Å². The summed E-state index contributed by atoms with van der Waals surface area (Å²) in [5.41, 5.74) is 7.26. The largest absolute Gasteiger partial charge is 0.350 e. The van der Waals surface area contributed by atoms with Crippen molar-refractivity contribution in [3.63, 3.8) is 0 Å². The van der Waals surface area contributed by atoms with Crippen molar-refractivity contribution in [2.24, 2.45) is 12.8 Å². The van der Waals surface area contributed by atoms with Crippen molar-refractivity contribution < 1.29 is 8.78 Å². The molecule has 2 aromatic rings. The quantitative estimate of drug-likeness (QED) is 0.852. The van der Waals surface area contributed by atoms with E-state index in [-0.39, 0.29) is 6.42 Å². The molecule has 4 heteroatoms. The molecular formula is C12H14F2N2. The Labute approximate surface area is 92.7 Å². The molecule has 0 aliphatic heterocycles. The number of fused-ring (bicyclic) bond motifs is 1. The number of nitrogens with zero attached hydrogens (tertiary/aromatic N) is 1. The highest BCUT2D eigenvalue weighted by atomic mass is 19.3. The summed E-state index contributed by atoms with van der Waals surface area (Å²) in [6.07, 6.45) is -0.356. The van der Waals surface area contributed by atoms with Crippen LogP contribution in [0.15, 0.2) is 30.5 Å². The van der Waals surface area contributed by atoms with Crippen LogP contribution in [-0.2, 0) is 13.5 Å². The number of hydrogen-bond acceptors (Lipinski definition) is 1. The van der Waals surface area contributed by atoms with Crippen LogP contribution < -0.4 is 5.73 Å². The number of hydrogen-bond donors (Lipinski definition) is 1. The van der Waals surface area contributed by atoms with Crippen LogP contribution in [-0.4, -0.2) is 17.0 Å². The van der Waals surface area contributed by atoms with Gasteiger partial charge in [0, 0.05) is 13.2 Å². The van der Waals surface area contributed by atoms with E-state index in [9.17, 15) is 8.78 Å². The second-order valence-electron chi connectivity index (χ2n) is 3.98. The summed E-state index contributed by atoms with van der Waals surface area (Å²) in [6, 6.07) is 6.56. The maximum atomic E-state index is 12.4. The Morgan fingerprint density at radius 1 is 1.31 bits per heavy atom. The number of rotatable bonds is 3. The number of nitrogens with two attached hydrogens (primary N) is 1. The number of para-hydroxylation sites is 1. The first-order chi connectivity index (χ1) is 7.59. The Morgan fingerprint density at radius 3 is 2.75 bits per heavy atom. The van der Waals surface area contributed by atoms with Crippen molar-refractivity contribution in [3.05, 3.63) is 36.0 Å². The Bertz CT molecular complexity index is 491. The van der Waals surface area contributed by atoms with Gasteiger partial charge in [0.2, 0.25) is 0 Å². The first kappa shape index (κ1) is 11.1. The van der Waals surface area contributed by atoms with Crippen molar-refractivity contribution in [3.8, 4) is 0 Å². The van der Waals surface area contributed by atoms with Gasteiger partial charge in [-0.1, -0.05) is 18.2 Å². The number of halogens is 2. The number of benzene rings is 1. The Morgan fingerprint density at radius 2 is 2.06 bits per heavy atom. The van der Waals surface area contributed by atoms with Crippen LogP contribution in [0.5, 0.6) is 0 Å². The molecule has 0 amide bonds. The minimum atomic E-state index is -2.48. The summed E-state index contributed by atoms with van der Waals surface area (Å²) in [4.78, 5) is 0. The molecule has 0 aliphatic rings. The molecule has 0 aliphatic carbocycles. The van der Waals surface area contributed by atoms with Crippen LogP contribution in [0.2, 0.25) is 0 Å². The fourth-order valence-corrected chi connectivity index (χ4v) is 1.95. The van der Waals surface area contributed by atoms with Crippen LogP contribution in [0.3, 0.4) is 0 Å². The van der Waals surface area contributed by atoms with E-state index < -0.39 is 12.5 Å². The average Bonchev–Trinajstić information content (AvgIpc) is 2.61. The van der Waals surface area contributed by atoms with Crippen molar-refractivity contribution in [1.82, 2.24) is 4.57 Å². The number of aromatic nitrogens is 1. The normalized spacial score (nSPS) is 13.6. The highest BCUT2D eigenvalue weighted by Crippen LogP contribution is 2.21. The highest BCUT2D eigenvalue weighted by Gasteiger charge is 2.17. The Balaban J connectivity index is 2.40. The topological polar surface area (TPSA) is 30.9 Å². The second-order valence-corrected chi connectivity index (χ2v) is 3.98. The van der Waals surface area contributed by atoms with Crippen LogP contribution in [0.1, 0.15) is 5.56 Å². The standard InChI is InChI=1S/C12H14F2N2/c1-16-6-5-8-3-2-4-9(11(8)16)7-10(15)12(13)14/h2-6,10,12H,7,15H2,1H3. The van der Waals surface area contributed by atoms with Gasteiger partial charge in [0.25, 0.3) is 6.43 Å². The number of aryl methyl sites for hydroxylation is 1. The SMILES string of the molecule is Cn1ccc2cccc(CC(N)C(F)F)c21. The summed E-state index contributed by atoms with van der Waals surface area (Å²) < 4.78 is 26.8. The molecule has 2 rings (SSSR count). The van der Waals surface area contributed by atoms with Crippen molar-refractivity contribution >= 4 is 10.9 Å². The van der Waals surface area contributed by atoms with Crippen molar-refractivity contribution in [1.29, 1.82) is 0 Å². The molecule has 1 unspecified atom stereocenters. The molecule has 0 bridgehead atoms. The lowest BCUT2D eigenvalue weighted by molar-refractivity contribution is 0.116. The molecule has 0 saturated heterocycles. The molecule has 1 aromatic carbocycles. The van der Waals surface area contributed by atoms with Gasteiger partial charge in [-0.3, -0.25) is 0 Å². The van der Waals surface area contributed by atoms with Gasteiger partial charge in [-0.25, -0.2) is 8.78 Å². The summed E-state index contributed by atoms with van der Waals surface area (Å²) >= 11 is 0. The smallest absolute Gasteiger partial charge is 0.253 e. The van der Waals surface area contributed by atoms with E-state index in [1.54, 1.807) is 0 Å². The zero-order valence-corrected chi connectivity index (χ0v) is 9.03. The summed E-state index contributed by atoms with van der Waals surface area (Å²) in [5, 5.41) is 1.06. The predicted octanol–water partition coefficient (Wildman–Crippen LogP) is 2.31. The van der Waals surface area contributed by atoms with Crippen LogP contribution >= 0.6 is 0 Å². The van der Waals surface area contributed by atoms with Gasteiger partial charge < -0.3 is 10.3 Å². The van der Waals surface area contributed by atoms with Gasteiger partial charge in [0.1, 0.15) is 0 Å². The summed E-state index contributed by atoms with van der Waals surface area (Å²) in [5.74, 6) is 0. The zero-order valence-electron chi connectivity index (χ0n) is 9.03. The molecule has 0 saturated carbocycles. The molecule has 1 aromatic heterocycles. The molecule has 2 N–H and O–H groups in total. The minimum absolute atomic E-state index is 0.201. The first-order valence-electron chi connectivity index (χ1n) is 5.16. The molecule has 0 radical (unpaired) electrons. The van der Waals surface area contributed by atoms with Gasteiger partial charge >= 0.3 is 0 Å². The third-order valence-corrected chi connectivity index (χ3v) is 2.76. The average molecular weight is 224 g/mol. The molecule has 2 nitrogen and oxygen atoms in total. The monoisotopic (exact) mass is 224 g/mol. The van der Waals surface area contributed by atoms with E-state index >= 15 is 0 Å². The third kappa shape index (κ3) is 1.93. The van der Waals surface area contributed by atoms with Crippen molar-refractivity contribution in [2.75, 3.05) is 0 Å². The molecule has 86 valence electrons. The minimum Gasteiger partial charge on any atom is -0.350 e. The summed E-state index contributed by atoms with van der Waals surface area (Å²) in [6.45, 7) is 0. The van der Waals surface area contributed by atoms with Crippen molar-refractivity contribution in [2.45, 2.75) is 18.9 Å². The Kier molecular flexibility index (Phi) is 2.92. The zero-order chi connectivity index (χ0) is 11.7. The van der Waals surface area contributed by atoms with Gasteiger partial charge in [0.05, 0.1) is 11.6 Å². The predicted molar refractivity (Wildman–Crippen MR) is 60.6 cm³/mol. The maximum absolute atomic E-state index is 12.4. The Hall–Kier alpha value is -1.42.